The van der Waals surface area contributed by atoms with Gasteiger partial charge in [-0.3, -0.25) is 4.98 Å². The quantitative estimate of drug-likeness (QED) is 0.331. The van der Waals surface area contributed by atoms with Crippen LogP contribution in [0.1, 0.15) is 0 Å². The van der Waals surface area contributed by atoms with Crippen molar-refractivity contribution in [3.8, 4) is 0 Å². The largest absolute Gasteiger partial charge is 1.00 e. The van der Waals surface area contributed by atoms with Gasteiger partial charge in [0.05, 0.1) is 0 Å². The van der Waals surface area contributed by atoms with Gasteiger partial charge in [-0.05, 0) is 24.3 Å². The number of rotatable bonds is 3. The Morgan fingerprint density at radius 1 is 0.826 bits per heavy atom. The number of nitrogens with zero attached hydrogens (tertiary/aromatic N) is 1. The van der Waals surface area contributed by atoms with E-state index in [1.807, 2.05) is 48.5 Å². The van der Waals surface area contributed by atoms with Gasteiger partial charge in [0.15, 0.2) is 0 Å². The first-order valence-corrected chi connectivity index (χ1v) is 8.19. The Balaban J connectivity index is 0. The van der Waals surface area contributed by atoms with Gasteiger partial charge in [0.2, 0.25) is 8.38 Å². The molecule has 0 spiro atoms. The Morgan fingerprint density at radius 3 is 1.48 bits per heavy atom. The van der Waals surface area contributed by atoms with Crippen LogP contribution in [0.15, 0.2) is 60.9 Å². The van der Waals surface area contributed by atoms with Gasteiger partial charge in [0.25, 0.3) is 0 Å². The maximum Gasteiger partial charge on any atom is 1.00 e. The van der Waals surface area contributed by atoms with E-state index in [1.54, 1.807) is 26.6 Å². The standard InChI is InChI=1S/C8H11O2P.C5H5N.Au.ClHO4/c1-9-11(10-2)8-6-4-3-5-7-8;1-2-4-6-5-3-1;;2-1(3,4)5/h3-7H,1-2H3;1-5H;;(H,2,3,4,5)/q;;+1;/p-1. The molecule has 0 aliphatic rings. The van der Waals surface area contributed by atoms with Gasteiger partial charge < -0.3 is 9.05 Å². The van der Waals surface area contributed by atoms with Crippen LogP contribution in [0.25, 0.3) is 0 Å². The van der Waals surface area contributed by atoms with E-state index in [0.717, 1.165) is 5.30 Å². The maximum absolute atomic E-state index is 8.49. The fourth-order valence-electron chi connectivity index (χ4n) is 1.15. The molecule has 0 saturated carbocycles. The Labute approximate surface area is 154 Å². The predicted octanol–water partition coefficient (Wildman–Crippen LogP) is -1.76. The Hall–Kier alpha value is -0.410. The zero-order chi connectivity index (χ0) is 16.8. The van der Waals surface area contributed by atoms with Crippen LogP contribution < -0.4 is 23.9 Å². The fourth-order valence-corrected chi connectivity index (χ4v) is 2.13. The SMILES string of the molecule is COP(OC)c1ccccc1.[Au+].[O-][Cl+3]([O-])([O-])[O-].c1ccncc1. The van der Waals surface area contributed by atoms with E-state index in [-0.39, 0.29) is 22.4 Å². The summed E-state index contributed by atoms with van der Waals surface area (Å²) in [5, 5.41) is 1.10. The second-order valence-electron chi connectivity index (χ2n) is 3.36. The van der Waals surface area contributed by atoms with E-state index in [1.165, 1.54) is 0 Å². The summed E-state index contributed by atoms with van der Waals surface area (Å²) in [6.07, 6.45) is 3.50. The Kier molecular flexibility index (Phi) is 16.3. The van der Waals surface area contributed by atoms with E-state index in [4.69, 9.17) is 27.7 Å². The smallest absolute Gasteiger partial charge is 0.334 e. The van der Waals surface area contributed by atoms with Crippen LogP contribution in [-0.4, -0.2) is 19.2 Å². The van der Waals surface area contributed by atoms with Gasteiger partial charge in [-0.15, -0.1) is 10.2 Å². The van der Waals surface area contributed by atoms with E-state index < -0.39 is 18.6 Å². The van der Waals surface area contributed by atoms with E-state index in [2.05, 4.69) is 4.98 Å². The molecular formula is C13H16AuClNO6P. The van der Waals surface area contributed by atoms with Gasteiger partial charge in [0.1, 0.15) is 0 Å². The van der Waals surface area contributed by atoms with Crippen molar-refractivity contribution >= 4 is 13.7 Å². The molecule has 1 aromatic heterocycles. The molecule has 0 fully saturated rings. The zero-order valence-electron chi connectivity index (χ0n) is 12.3. The summed E-state index contributed by atoms with van der Waals surface area (Å²) in [6.45, 7) is 0. The van der Waals surface area contributed by atoms with Crippen LogP contribution in [0, 0.1) is 10.2 Å². The summed E-state index contributed by atoms with van der Waals surface area (Å²) in [6, 6.07) is 15.6. The molecule has 0 aliphatic carbocycles. The molecule has 2 aromatic rings. The molecule has 10 heteroatoms. The topological polar surface area (TPSA) is 124 Å². The molecule has 0 unspecified atom stereocenters. The summed E-state index contributed by atoms with van der Waals surface area (Å²) in [4.78, 5) is 3.78. The van der Waals surface area contributed by atoms with Gasteiger partial charge >= 0.3 is 22.4 Å². The molecule has 0 saturated heterocycles. The monoisotopic (exact) mass is 545 g/mol. The number of hydrogen-bond donors (Lipinski definition) is 0. The van der Waals surface area contributed by atoms with Crippen molar-refractivity contribution in [2.24, 2.45) is 0 Å². The van der Waals surface area contributed by atoms with Crippen molar-refractivity contribution in [1.29, 1.82) is 0 Å². The first-order valence-electron chi connectivity index (χ1n) is 5.78. The van der Waals surface area contributed by atoms with Crippen LogP contribution in [0.5, 0.6) is 0 Å². The van der Waals surface area contributed by atoms with Gasteiger partial charge in [-0.2, -0.15) is 0 Å². The molecule has 0 N–H and O–H groups in total. The molecule has 1 heterocycles. The molecule has 132 valence electrons. The second kappa shape index (κ2) is 15.1. The van der Waals surface area contributed by atoms with Crippen molar-refractivity contribution in [3.63, 3.8) is 0 Å². The Bertz CT molecular complexity index is 440. The number of aromatic nitrogens is 1. The molecule has 2 rings (SSSR count). The second-order valence-corrected chi connectivity index (χ2v) is 5.88. The first-order chi connectivity index (χ1) is 10.4. The molecule has 0 aliphatic heterocycles. The third kappa shape index (κ3) is 17.8. The summed E-state index contributed by atoms with van der Waals surface area (Å²) >= 11 is 0. The van der Waals surface area contributed by atoms with Crippen molar-refractivity contribution in [2.75, 3.05) is 14.2 Å². The molecule has 23 heavy (non-hydrogen) atoms. The predicted molar refractivity (Wildman–Crippen MR) is 71.3 cm³/mol. The number of halogens is 1. The van der Waals surface area contributed by atoms with Gasteiger partial charge in [-0.1, -0.05) is 24.3 Å². The summed E-state index contributed by atoms with van der Waals surface area (Å²) in [7, 11) is -2.49. The maximum atomic E-state index is 8.49. The van der Waals surface area contributed by atoms with Crippen molar-refractivity contribution < 1.29 is 60.3 Å². The van der Waals surface area contributed by atoms with Crippen LogP contribution >= 0.6 is 8.38 Å². The minimum atomic E-state index is -4.94. The first kappa shape index (κ1) is 24.8. The van der Waals surface area contributed by atoms with E-state index >= 15 is 0 Å². The Morgan fingerprint density at radius 2 is 1.22 bits per heavy atom. The van der Waals surface area contributed by atoms with Crippen LogP contribution in [-0.2, 0) is 31.4 Å². The summed E-state index contributed by atoms with van der Waals surface area (Å²) < 4.78 is 44.2. The van der Waals surface area contributed by atoms with Crippen LogP contribution in [0.4, 0.5) is 0 Å². The minimum absolute atomic E-state index is 0. The number of hydrogen-bond acceptors (Lipinski definition) is 7. The third-order valence-electron chi connectivity index (χ3n) is 1.87. The van der Waals surface area contributed by atoms with Gasteiger partial charge in [0, 0.05) is 31.9 Å². The molecule has 0 atom stereocenters. The van der Waals surface area contributed by atoms with Crippen molar-refractivity contribution in [1.82, 2.24) is 4.98 Å². The molecule has 0 radical (unpaired) electrons. The summed E-state index contributed by atoms with van der Waals surface area (Å²) in [5.41, 5.74) is 0. The van der Waals surface area contributed by atoms with Crippen molar-refractivity contribution in [2.45, 2.75) is 0 Å². The van der Waals surface area contributed by atoms with E-state index in [9.17, 15) is 0 Å². The molecule has 0 bridgehead atoms. The third-order valence-corrected chi connectivity index (χ3v) is 3.25. The molecular weight excluding hydrogens is 530 g/mol. The van der Waals surface area contributed by atoms with Crippen molar-refractivity contribution in [3.05, 3.63) is 60.9 Å². The molecule has 0 amide bonds. The average Bonchev–Trinajstić information content (AvgIpc) is 2.50. The number of pyridine rings is 1. The minimum Gasteiger partial charge on any atom is -0.334 e. The number of benzene rings is 1. The normalized spacial score (nSPS) is 9.70. The molecule has 7 nitrogen and oxygen atoms in total. The molecule has 1 aromatic carbocycles. The van der Waals surface area contributed by atoms with Crippen LogP contribution in [0.2, 0.25) is 0 Å². The average molecular weight is 546 g/mol. The zero-order valence-corrected chi connectivity index (χ0v) is 16.1. The van der Waals surface area contributed by atoms with Crippen LogP contribution in [0.3, 0.4) is 0 Å². The van der Waals surface area contributed by atoms with E-state index in [0.29, 0.717) is 0 Å². The fraction of sp³-hybridized carbons (Fsp3) is 0.154. The van der Waals surface area contributed by atoms with Gasteiger partial charge in [-0.25, -0.2) is 18.6 Å². The summed E-state index contributed by atoms with van der Waals surface area (Å²) in [5.74, 6) is 0.